The number of rotatable bonds is 7. The van der Waals surface area contributed by atoms with Gasteiger partial charge in [-0.2, -0.15) is 5.10 Å². The number of aromatic nitrogens is 2. The topological polar surface area (TPSA) is 116 Å². The van der Waals surface area contributed by atoms with Crippen LogP contribution in [0.25, 0.3) is 0 Å². The van der Waals surface area contributed by atoms with Crippen LogP contribution in [0.1, 0.15) is 34.2 Å². The normalized spacial score (nSPS) is 11.6. The maximum atomic E-state index is 13.0. The highest BCUT2D eigenvalue weighted by atomic mass is 16.6. The predicted octanol–water partition coefficient (Wildman–Crippen LogP) is 3.95. The van der Waals surface area contributed by atoms with Crippen molar-refractivity contribution in [3.05, 3.63) is 86.7 Å². The largest absolute Gasteiger partial charge is 0.446 e. The molecule has 0 aliphatic carbocycles. The highest BCUT2D eigenvalue weighted by Crippen LogP contribution is 2.24. The molecule has 1 heterocycles. The number of anilines is 1. The van der Waals surface area contributed by atoms with Gasteiger partial charge in [-0.25, -0.2) is 0 Å². The van der Waals surface area contributed by atoms with Gasteiger partial charge in [-0.3, -0.25) is 24.4 Å². The molecule has 9 nitrogen and oxygen atoms in total. The van der Waals surface area contributed by atoms with Gasteiger partial charge >= 0.3 is 11.7 Å². The zero-order valence-electron chi connectivity index (χ0n) is 18.3. The molecule has 1 aromatic heterocycles. The molecule has 1 atom stereocenters. The standard InChI is InChI=1S/C23H24N4O5/c1-14-10-15(2)12-19(11-14)24-23(29)22(18-8-6-5-7-9-18)32-20(28)13-26-17(4)21(27(30)31)16(3)25-26/h5-12,22H,13H2,1-4H3,(H,24,29). The highest BCUT2D eigenvalue weighted by molar-refractivity contribution is 5.96. The predicted molar refractivity (Wildman–Crippen MR) is 118 cm³/mol. The van der Waals surface area contributed by atoms with Crippen molar-refractivity contribution in [1.82, 2.24) is 9.78 Å². The van der Waals surface area contributed by atoms with E-state index in [-0.39, 0.29) is 23.6 Å². The van der Waals surface area contributed by atoms with Crippen LogP contribution in [-0.4, -0.2) is 26.6 Å². The number of carbonyl (C=O) groups is 2. The summed E-state index contributed by atoms with van der Waals surface area (Å²) in [4.78, 5) is 36.4. The third kappa shape index (κ3) is 5.18. The Bertz CT molecular complexity index is 1150. The van der Waals surface area contributed by atoms with Crippen LogP contribution in [0.4, 0.5) is 11.4 Å². The Morgan fingerprint density at radius 2 is 1.72 bits per heavy atom. The first-order valence-electron chi connectivity index (χ1n) is 9.97. The Kier molecular flexibility index (Phi) is 6.67. The summed E-state index contributed by atoms with van der Waals surface area (Å²) < 4.78 is 6.73. The van der Waals surface area contributed by atoms with Gasteiger partial charge in [0.25, 0.3) is 5.91 Å². The SMILES string of the molecule is Cc1cc(C)cc(NC(=O)C(OC(=O)Cn2nc(C)c([N+](=O)[O-])c2C)c2ccccc2)c1. The van der Waals surface area contributed by atoms with E-state index in [1.165, 1.54) is 18.5 Å². The van der Waals surface area contributed by atoms with Gasteiger partial charge < -0.3 is 10.1 Å². The van der Waals surface area contributed by atoms with Crippen molar-refractivity contribution in [3.8, 4) is 0 Å². The second kappa shape index (κ2) is 9.42. The van der Waals surface area contributed by atoms with Crippen molar-refractivity contribution in [2.24, 2.45) is 0 Å². The molecule has 0 saturated carbocycles. The van der Waals surface area contributed by atoms with Gasteiger partial charge in [-0.05, 0) is 51.0 Å². The van der Waals surface area contributed by atoms with Crippen molar-refractivity contribution >= 4 is 23.3 Å². The molecule has 0 bridgehead atoms. The lowest BCUT2D eigenvalue weighted by Crippen LogP contribution is -2.27. The molecule has 32 heavy (non-hydrogen) atoms. The maximum absolute atomic E-state index is 13.0. The smallest absolute Gasteiger partial charge is 0.328 e. The summed E-state index contributed by atoms with van der Waals surface area (Å²) in [5, 5.41) is 18.1. The fraction of sp³-hybridized carbons (Fsp3) is 0.261. The number of carbonyl (C=O) groups excluding carboxylic acids is 2. The number of benzene rings is 2. The van der Waals surface area contributed by atoms with Gasteiger partial charge in [0, 0.05) is 11.3 Å². The van der Waals surface area contributed by atoms with Crippen molar-refractivity contribution in [1.29, 1.82) is 0 Å². The number of ether oxygens (including phenoxy) is 1. The fourth-order valence-corrected chi connectivity index (χ4v) is 3.55. The minimum Gasteiger partial charge on any atom is -0.446 e. The third-order valence-corrected chi connectivity index (χ3v) is 4.88. The molecular weight excluding hydrogens is 412 g/mol. The van der Waals surface area contributed by atoms with E-state index in [0.29, 0.717) is 11.3 Å². The van der Waals surface area contributed by atoms with Gasteiger partial charge in [0.05, 0.1) is 4.92 Å². The van der Waals surface area contributed by atoms with Gasteiger partial charge in [-0.1, -0.05) is 36.4 Å². The molecule has 0 radical (unpaired) electrons. The third-order valence-electron chi connectivity index (χ3n) is 4.88. The van der Waals surface area contributed by atoms with E-state index in [9.17, 15) is 19.7 Å². The molecule has 0 saturated heterocycles. The van der Waals surface area contributed by atoms with Crippen molar-refractivity contribution in [3.63, 3.8) is 0 Å². The summed E-state index contributed by atoms with van der Waals surface area (Å²) in [7, 11) is 0. The van der Waals surface area contributed by atoms with Crippen molar-refractivity contribution < 1.29 is 19.2 Å². The van der Waals surface area contributed by atoms with Crippen molar-refractivity contribution in [2.75, 3.05) is 5.32 Å². The number of nitro groups is 1. The van der Waals surface area contributed by atoms with Gasteiger partial charge in [-0.15, -0.1) is 0 Å². The lowest BCUT2D eigenvalue weighted by Gasteiger charge is -2.18. The van der Waals surface area contributed by atoms with Crippen LogP contribution in [0.5, 0.6) is 0 Å². The van der Waals surface area contributed by atoms with Gasteiger partial charge in [0.15, 0.2) is 0 Å². The first-order chi connectivity index (χ1) is 15.2. The zero-order valence-corrected chi connectivity index (χ0v) is 18.3. The van der Waals surface area contributed by atoms with E-state index < -0.39 is 22.9 Å². The van der Waals surface area contributed by atoms with E-state index in [1.807, 2.05) is 32.0 Å². The van der Waals surface area contributed by atoms with Crippen LogP contribution in [-0.2, 0) is 20.9 Å². The Balaban J connectivity index is 1.82. The first-order valence-corrected chi connectivity index (χ1v) is 9.97. The van der Waals surface area contributed by atoms with Crippen LogP contribution < -0.4 is 5.32 Å². The lowest BCUT2D eigenvalue weighted by molar-refractivity contribution is -0.386. The average molecular weight is 436 g/mol. The molecule has 166 valence electrons. The number of hydrogen-bond donors (Lipinski definition) is 1. The van der Waals surface area contributed by atoms with Crippen LogP contribution in [0.15, 0.2) is 48.5 Å². The van der Waals surface area contributed by atoms with Crippen LogP contribution in [0.2, 0.25) is 0 Å². The number of nitrogens with one attached hydrogen (secondary N) is 1. The number of aryl methyl sites for hydroxylation is 3. The molecule has 2 aromatic carbocycles. The number of hydrogen-bond acceptors (Lipinski definition) is 6. The Labute approximate surface area is 185 Å². The fourth-order valence-electron chi connectivity index (χ4n) is 3.55. The summed E-state index contributed by atoms with van der Waals surface area (Å²) in [6.45, 7) is 6.49. The molecule has 1 unspecified atom stereocenters. The van der Waals surface area contributed by atoms with Crippen LogP contribution >= 0.6 is 0 Å². The Morgan fingerprint density at radius 1 is 1.09 bits per heavy atom. The van der Waals surface area contributed by atoms with E-state index in [2.05, 4.69) is 10.4 Å². The monoisotopic (exact) mass is 436 g/mol. The zero-order chi connectivity index (χ0) is 23.4. The molecule has 0 spiro atoms. The Hall–Kier alpha value is -4.01. The van der Waals surface area contributed by atoms with Crippen LogP contribution in [0.3, 0.4) is 0 Å². The van der Waals surface area contributed by atoms with Gasteiger partial charge in [0.1, 0.15) is 17.9 Å². The van der Waals surface area contributed by atoms with Crippen LogP contribution in [0, 0.1) is 37.8 Å². The lowest BCUT2D eigenvalue weighted by atomic mass is 10.1. The highest BCUT2D eigenvalue weighted by Gasteiger charge is 2.27. The summed E-state index contributed by atoms with van der Waals surface area (Å²) in [5.41, 5.74) is 3.36. The minimum atomic E-state index is -1.20. The maximum Gasteiger partial charge on any atom is 0.328 e. The van der Waals surface area contributed by atoms with E-state index >= 15 is 0 Å². The minimum absolute atomic E-state index is 0.148. The van der Waals surface area contributed by atoms with Crippen molar-refractivity contribution in [2.45, 2.75) is 40.3 Å². The molecule has 1 N–H and O–H groups in total. The number of esters is 1. The van der Waals surface area contributed by atoms with Gasteiger partial charge in [0.2, 0.25) is 6.10 Å². The average Bonchev–Trinajstić information content (AvgIpc) is 2.98. The summed E-state index contributed by atoms with van der Waals surface area (Å²) in [5.74, 6) is -1.25. The summed E-state index contributed by atoms with van der Waals surface area (Å²) in [6.07, 6.45) is -1.20. The molecule has 0 fully saturated rings. The molecule has 9 heteroatoms. The molecule has 0 aliphatic heterocycles. The first kappa shape index (κ1) is 22.7. The van der Waals surface area contributed by atoms with E-state index in [1.54, 1.807) is 30.3 Å². The molecule has 3 aromatic rings. The summed E-state index contributed by atoms with van der Waals surface area (Å²) in [6, 6.07) is 14.3. The molecule has 3 rings (SSSR count). The molecule has 0 aliphatic rings. The summed E-state index contributed by atoms with van der Waals surface area (Å²) >= 11 is 0. The quantitative estimate of drug-likeness (QED) is 0.341. The second-order valence-corrected chi connectivity index (χ2v) is 7.58. The Morgan fingerprint density at radius 3 is 2.28 bits per heavy atom. The number of nitrogens with zero attached hydrogens (tertiary/aromatic N) is 3. The molecular formula is C23H24N4O5. The number of amides is 1. The van der Waals surface area contributed by atoms with E-state index in [0.717, 1.165) is 11.1 Å². The molecule has 1 amide bonds. The second-order valence-electron chi connectivity index (χ2n) is 7.58. The van der Waals surface area contributed by atoms with E-state index in [4.69, 9.17) is 4.74 Å².